The number of piperidine rings is 1. The van der Waals surface area contributed by atoms with Gasteiger partial charge in [-0.1, -0.05) is 29.5 Å². The van der Waals surface area contributed by atoms with Crippen LogP contribution in [0.5, 0.6) is 10.9 Å². The number of carbonyl (C=O) groups excluding carboxylic acids is 1. The lowest BCUT2D eigenvalue weighted by Gasteiger charge is -2.32. The van der Waals surface area contributed by atoms with Crippen molar-refractivity contribution in [2.24, 2.45) is 0 Å². The SMILES string of the molecule is COc1ccc2nc(OC3CCN(C(=O)c4ccccc4C)CC3)sc2c1. The molecular weight excluding hydrogens is 360 g/mol. The number of nitrogens with zero attached hydrogens (tertiary/aromatic N) is 2. The molecule has 0 unspecified atom stereocenters. The molecule has 0 aliphatic carbocycles. The minimum atomic E-state index is 0.0911. The molecule has 0 atom stereocenters. The van der Waals surface area contributed by atoms with Gasteiger partial charge in [-0.15, -0.1) is 0 Å². The topological polar surface area (TPSA) is 51.7 Å². The number of benzene rings is 2. The average molecular weight is 382 g/mol. The number of likely N-dealkylation sites (tertiary alicyclic amines) is 1. The maximum absolute atomic E-state index is 12.7. The molecule has 5 nitrogen and oxygen atoms in total. The Morgan fingerprint density at radius 2 is 1.96 bits per heavy atom. The summed E-state index contributed by atoms with van der Waals surface area (Å²) in [7, 11) is 1.66. The zero-order chi connectivity index (χ0) is 18.8. The van der Waals surface area contributed by atoms with Crippen molar-refractivity contribution in [2.75, 3.05) is 20.2 Å². The normalized spacial score (nSPS) is 15.1. The molecule has 1 amide bonds. The van der Waals surface area contributed by atoms with Crippen LogP contribution in [0.3, 0.4) is 0 Å². The highest BCUT2D eigenvalue weighted by molar-refractivity contribution is 7.20. The van der Waals surface area contributed by atoms with E-state index < -0.39 is 0 Å². The molecule has 1 aliphatic heterocycles. The monoisotopic (exact) mass is 382 g/mol. The van der Waals surface area contributed by atoms with Crippen molar-refractivity contribution in [3.8, 4) is 10.9 Å². The Bertz CT molecular complexity index is 961. The van der Waals surface area contributed by atoms with E-state index in [1.807, 2.05) is 54.3 Å². The highest BCUT2D eigenvalue weighted by Crippen LogP contribution is 2.32. The van der Waals surface area contributed by atoms with Gasteiger partial charge in [0, 0.05) is 31.5 Å². The van der Waals surface area contributed by atoms with Crippen LogP contribution < -0.4 is 9.47 Å². The van der Waals surface area contributed by atoms with Gasteiger partial charge >= 0.3 is 0 Å². The number of aryl methyl sites for hydroxylation is 1. The summed E-state index contributed by atoms with van der Waals surface area (Å²) in [5, 5.41) is 0.682. The van der Waals surface area contributed by atoms with Crippen LogP contribution in [0.25, 0.3) is 10.2 Å². The summed E-state index contributed by atoms with van der Waals surface area (Å²) < 4.78 is 12.4. The van der Waals surface area contributed by atoms with Crippen LogP contribution in [-0.2, 0) is 0 Å². The van der Waals surface area contributed by atoms with Crippen LogP contribution in [0.1, 0.15) is 28.8 Å². The van der Waals surface area contributed by atoms with E-state index in [1.165, 1.54) is 11.3 Å². The predicted molar refractivity (Wildman–Crippen MR) is 107 cm³/mol. The number of aromatic nitrogens is 1. The molecule has 1 saturated heterocycles. The predicted octanol–water partition coefficient (Wildman–Crippen LogP) is 4.30. The minimum Gasteiger partial charge on any atom is -0.497 e. The Morgan fingerprint density at radius 1 is 1.19 bits per heavy atom. The summed E-state index contributed by atoms with van der Waals surface area (Å²) >= 11 is 1.53. The van der Waals surface area contributed by atoms with E-state index in [0.717, 1.165) is 39.9 Å². The molecule has 3 aromatic rings. The van der Waals surface area contributed by atoms with Gasteiger partial charge in [0.05, 0.1) is 17.3 Å². The van der Waals surface area contributed by atoms with E-state index >= 15 is 0 Å². The van der Waals surface area contributed by atoms with Crippen LogP contribution in [0, 0.1) is 6.92 Å². The zero-order valence-corrected chi connectivity index (χ0v) is 16.3. The van der Waals surface area contributed by atoms with E-state index in [1.54, 1.807) is 7.11 Å². The molecular formula is C21H22N2O3S. The number of methoxy groups -OCH3 is 1. The van der Waals surface area contributed by atoms with Gasteiger partial charge in [-0.3, -0.25) is 4.79 Å². The Morgan fingerprint density at radius 3 is 2.70 bits per heavy atom. The fourth-order valence-electron chi connectivity index (χ4n) is 3.36. The molecule has 2 heterocycles. The molecule has 1 aromatic heterocycles. The fourth-order valence-corrected chi connectivity index (χ4v) is 4.27. The third-order valence-corrected chi connectivity index (χ3v) is 5.86. The quantitative estimate of drug-likeness (QED) is 0.675. The van der Waals surface area contributed by atoms with Gasteiger partial charge in [0.15, 0.2) is 0 Å². The van der Waals surface area contributed by atoms with Crippen LogP contribution in [0.2, 0.25) is 0 Å². The minimum absolute atomic E-state index is 0.0911. The molecule has 0 spiro atoms. The van der Waals surface area contributed by atoms with E-state index in [-0.39, 0.29) is 12.0 Å². The molecule has 6 heteroatoms. The summed E-state index contributed by atoms with van der Waals surface area (Å²) in [4.78, 5) is 19.2. The van der Waals surface area contributed by atoms with Crippen molar-refractivity contribution >= 4 is 27.5 Å². The van der Waals surface area contributed by atoms with Crippen LogP contribution >= 0.6 is 11.3 Å². The summed E-state index contributed by atoms with van der Waals surface area (Å²) in [5.74, 6) is 0.930. The average Bonchev–Trinajstić information content (AvgIpc) is 3.09. The second-order valence-electron chi connectivity index (χ2n) is 6.74. The van der Waals surface area contributed by atoms with Crippen LogP contribution in [0.4, 0.5) is 0 Å². The summed E-state index contributed by atoms with van der Waals surface area (Å²) in [6, 6.07) is 13.6. The van der Waals surface area contributed by atoms with Crippen molar-refractivity contribution in [1.82, 2.24) is 9.88 Å². The van der Waals surface area contributed by atoms with Gasteiger partial charge in [0.1, 0.15) is 11.9 Å². The molecule has 0 bridgehead atoms. The second-order valence-corrected chi connectivity index (χ2v) is 7.73. The first-order valence-corrected chi connectivity index (χ1v) is 9.92. The lowest BCUT2D eigenvalue weighted by molar-refractivity contribution is 0.0595. The second kappa shape index (κ2) is 7.56. The first-order valence-electron chi connectivity index (χ1n) is 9.10. The molecule has 0 radical (unpaired) electrons. The van der Waals surface area contributed by atoms with Crippen molar-refractivity contribution in [3.05, 3.63) is 53.6 Å². The van der Waals surface area contributed by atoms with Crippen LogP contribution in [0.15, 0.2) is 42.5 Å². The number of amides is 1. The standard InChI is InChI=1S/C21H22N2O3S/c1-14-5-3-4-6-17(14)20(24)23-11-9-15(10-12-23)26-21-22-18-8-7-16(25-2)13-19(18)27-21/h3-8,13,15H,9-12H2,1-2H3. The van der Waals surface area contributed by atoms with Crippen molar-refractivity contribution in [3.63, 3.8) is 0 Å². The van der Waals surface area contributed by atoms with E-state index in [0.29, 0.717) is 18.3 Å². The summed E-state index contributed by atoms with van der Waals surface area (Å²) in [5.41, 5.74) is 2.73. The van der Waals surface area contributed by atoms with Gasteiger partial charge in [-0.2, -0.15) is 0 Å². The Hall–Kier alpha value is -2.60. The number of thiazole rings is 1. The van der Waals surface area contributed by atoms with Gasteiger partial charge in [0.2, 0.25) is 0 Å². The third-order valence-electron chi connectivity index (χ3n) is 4.95. The van der Waals surface area contributed by atoms with Gasteiger partial charge < -0.3 is 14.4 Å². The van der Waals surface area contributed by atoms with E-state index in [9.17, 15) is 4.79 Å². The molecule has 4 rings (SSSR count). The largest absolute Gasteiger partial charge is 0.497 e. The van der Waals surface area contributed by atoms with Crippen LogP contribution in [-0.4, -0.2) is 42.1 Å². The molecule has 140 valence electrons. The molecule has 0 N–H and O–H groups in total. The lowest BCUT2D eigenvalue weighted by Crippen LogP contribution is -2.42. The first-order chi connectivity index (χ1) is 13.1. The number of carbonyl (C=O) groups is 1. The maximum atomic E-state index is 12.7. The number of rotatable bonds is 4. The Labute approximate surface area is 162 Å². The number of fused-ring (bicyclic) bond motifs is 1. The molecule has 2 aromatic carbocycles. The lowest BCUT2D eigenvalue weighted by atomic mass is 10.0. The molecule has 27 heavy (non-hydrogen) atoms. The fraction of sp³-hybridized carbons (Fsp3) is 0.333. The van der Waals surface area contributed by atoms with Gasteiger partial charge in [-0.05, 0) is 36.8 Å². The summed E-state index contributed by atoms with van der Waals surface area (Å²) in [6.45, 7) is 3.39. The zero-order valence-electron chi connectivity index (χ0n) is 15.5. The Kier molecular flexibility index (Phi) is 4.99. The maximum Gasteiger partial charge on any atom is 0.274 e. The van der Waals surface area contributed by atoms with E-state index in [4.69, 9.17) is 9.47 Å². The van der Waals surface area contributed by atoms with Crippen molar-refractivity contribution in [1.29, 1.82) is 0 Å². The highest BCUT2D eigenvalue weighted by atomic mass is 32.1. The van der Waals surface area contributed by atoms with Gasteiger partial charge in [0.25, 0.3) is 11.1 Å². The number of hydrogen-bond donors (Lipinski definition) is 0. The van der Waals surface area contributed by atoms with Gasteiger partial charge in [-0.25, -0.2) is 4.98 Å². The smallest absolute Gasteiger partial charge is 0.274 e. The highest BCUT2D eigenvalue weighted by Gasteiger charge is 2.26. The summed E-state index contributed by atoms with van der Waals surface area (Å²) in [6.07, 6.45) is 1.72. The molecule has 1 aliphatic rings. The van der Waals surface area contributed by atoms with Crippen molar-refractivity contribution in [2.45, 2.75) is 25.9 Å². The molecule has 0 saturated carbocycles. The van der Waals surface area contributed by atoms with E-state index in [2.05, 4.69) is 4.98 Å². The van der Waals surface area contributed by atoms with Crippen molar-refractivity contribution < 1.29 is 14.3 Å². The molecule has 1 fully saturated rings. The first kappa shape index (κ1) is 17.8. The number of ether oxygens (including phenoxy) is 2. The third kappa shape index (κ3) is 3.76. The number of hydrogen-bond acceptors (Lipinski definition) is 5. The Balaban J connectivity index is 1.38.